The summed E-state index contributed by atoms with van der Waals surface area (Å²) in [5.41, 5.74) is 5.28. The molecule has 80 valence electrons. The van der Waals surface area contributed by atoms with E-state index in [1.165, 1.54) is 6.92 Å². The van der Waals surface area contributed by atoms with Crippen LogP contribution in [0.15, 0.2) is 0 Å². The molecule has 0 aliphatic carbocycles. The molecule has 0 saturated carbocycles. The van der Waals surface area contributed by atoms with Gasteiger partial charge in [-0.1, -0.05) is 0 Å². The van der Waals surface area contributed by atoms with E-state index in [9.17, 15) is 9.59 Å². The van der Waals surface area contributed by atoms with Gasteiger partial charge in [0.1, 0.15) is 0 Å². The minimum Gasteiger partial charge on any atom is -0.481 e. The highest BCUT2D eigenvalue weighted by Crippen LogP contribution is 2.22. The highest BCUT2D eigenvalue weighted by molar-refractivity contribution is 5.73. The van der Waals surface area contributed by atoms with Gasteiger partial charge in [-0.3, -0.25) is 9.59 Å². The SMILES string of the molecule is CC(=O)N1CCC(N)(CC(=O)O)CC1. The monoisotopic (exact) mass is 200 g/mol. The Hall–Kier alpha value is -1.10. The molecule has 0 bridgehead atoms. The molecule has 0 unspecified atom stereocenters. The number of aliphatic carboxylic acids is 1. The van der Waals surface area contributed by atoms with Crippen LogP contribution in [-0.2, 0) is 9.59 Å². The van der Waals surface area contributed by atoms with Crippen molar-refractivity contribution >= 4 is 11.9 Å². The first kappa shape index (κ1) is 11.0. The van der Waals surface area contributed by atoms with E-state index in [2.05, 4.69) is 0 Å². The van der Waals surface area contributed by atoms with E-state index < -0.39 is 11.5 Å². The van der Waals surface area contributed by atoms with Crippen LogP contribution in [0.2, 0.25) is 0 Å². The molecular weight excluding hydrogens is 184 g/mol. The second-order valence-corrected chi connectivity index (χ2v) is 3.94. The molecule has 5 heteroatoms. The first-order valence-electron chi connectivity index (χ1n) is 4.69. The summed E-state index contributed by atoms with van der Waals surface area (Å²) in [4.78, 5) is 23.2. The fourth-order valence-corrected chi connectivity index (χ4v) is 1.74. The van der Waals surface area contributed by atoms with Crippen LogP contribution in [-0.4, -0.2) is 40.5 Å². The number of rotatable bonds is 2. The molecule has 1 aliphatic heterocycles. The van der Waals surface area contributed by atoms with Crippen LogP contribution in [0.25, 0.3) is 0 Å². The maximum Gasteiger partial charge on any atom is 0.305 e. The van der Waals surface area contributed by atoms with Gasteiger partial charge < -0.3 is 15.7 Å². The van der Waals surface area contributed by atoms with Gasteiger partial charge in [0.2, 0.25) is 5.91 Å². The normalized spacial score (nSPS) is 20.6. The maximum atomic E-state index is 11.0. The molecule has 5 nitrogen and oxygen atoms in total. The van der Waals surface area contributed by atoms with Crippen LogP contribution in [0.4, 0.5) is 0 Å². The first-order chi connectivity index (χ1) is 6.43. The van der Waals surface area contributed by atoms with Crippen molar-refractivity contribution in [3.8, 4) is 0 Å². The topological polar surface area (TPSA) is 83.6 Å². The van der Waals surface area contributed by atoms with Gasteiger partial charge in [0.15, 0.2) is 0 Å². The molecule has 1 fully saturated rings. The van der Waals surface area contributed by atoms with Crippen LogP contribution >= 0.6 is 0 Å². The summed E-state index contributed by atoms with van der Waals surface area (Å²) in [6.07, 6.45) is 1.12. The lowest BCUT2D eigenvalue weighted by Crippen LogP contribution is -2.52. The molecule has 0 radical (unpaired) electrons. The number of amides is 1. The van der Waals surface area contributed by atoms with E-state index in [-0.39, 0.29) is 12.3 Å². The molecule has 0 aromatic carbocycles. The predicted molar refractivity (Wildman–Crippen MR) is 50.7 cm³/mol. The third-order valence-electron chi connectivity index (χ3n) is 2.71. The van der Waals surface area contributed by atoms with Crippen LogP contribution in [0.5, 0.6) is 0 Å². The van der Waals surface area contributed by atoms with E-state index in [1.54, 1.807) is 4.90 Å². The van der Waals surface area contributed by atoms with Crippen LogP contribution in [0.3, 0.4) is 0 Å². The number of nitrogens with two attached hydrogens (primary N) is 1. The molecule has 0 aromatic heterocycles. The van der Waals surface area contributed by atoms with Crippen molar-refractivity contribution in [1.29, 1.82) is 0 Å². The molecule has 1 heterocycles. The molecule has 1 rings (SSSR count). The molecule has 14 heavy (non-hydrogen) atoms. The number of carbonyl (C=O) groups is 2. The van der Waals surface area contributed by atoms with Crippen molar-refractivity contribution in [1.82, 2.24) is 4.90 Å². The van der Waals surface area contributed by atoms with Gasteiger partial charge >= 0.3 is 5.97 Å². The van der Waals surface area contributed by atoms with E-state index in [4.69, 9.17) is 10.8 Å². The van der Waals surface area contributed by atoms with Crippen LogP contribution < -0.4 is 5.73 Å². The lowest BCUT2D eigenvalue weighted by atomic mass is 9.85. The minimum absolute atomic E-state index is 0.0151. The van der Waals surface area contributed by atoms with Crippen molar-refractivity contribution in [2.75, 3.05) is 13.1 Å². The third kappa shape index (κ3) is 2.70. The molecule has 1 amide bonds. The Labute approximate surface area is 82.9 Å². The standard InChI is InChI=1S/C9H16N2O3/c1-7(12)11-4-2-9(10,3-5-11)6-8(13)14/h2-6,10H2,1H3,(H,13,14). The summed E-state index contributed by atoms with van der Waals surface area (Å²) in [6, 6.07) is 0. The largest absolute Gasteiger partial charge is 0.481 e. The van der Waals surface area contributed by atoms with Crippen LogP contribution in [0.1, 0.15) is 26.2 Å². The summed E-state index contributed by atoms with van der Waals surface area (Å²) in [7, 11) is 0. The number of piperidine rings is 1. The Morgan fingerprint density at radius 3 is 2.29 bits per heavy atom. The van der Waals surface area contributed by atoms with Crippen molar-refractivity contribution in [3.63, 3.8) is 0 Å². The fourth-order valence-electron chi connectivity index (χ4n) is 1.74. The smallest absolute Gasteiger partial charge is 0.305 e. The van der Waals surface area contributed by atoms with Gasteiger partial charge in [-0.25, -0.2) is 0 Å². The molecule has 0 aromatic rings. The summed E-state index contributed by atoms with van der Waals surface area (Å²) in [6.45, 7) is 2.65. The van der Waals surface area contributed by atoms with E-state index >= 15 is 0 Å². The second-order valence-electron chi connectivity index (χ2n) is 3.94. The lowest BCUT2D eigenvalue weighted by Gasteiger charge is -2.37. The molecule has 0 spiro atoms. The van der Waals surface area contributed by atoms with Gasteiger partial charge in [-0.15, -0.1) is 0 Å². The van der Waals surface area contributed by atoms with Crippen molar-refractivity contribution in [3.05, 3.63) is 0 Å². The summed E-state index contributed by atoms with van der Waals surface area (Å²) in [5.74, 6) is -0.842. The molecule has 1 saturated heterocycles. The average molecular weight is 200 g/mol. The number of carboxylic acids is 1. The van der Waals surface area contributed by atoms with Gasteiger partial charge in [0.05, 0.1) is 6.42 Å². The Morgan fingerprint density at radius 1 is 1.43 bits per heavy atom. The zero-order valence-corrected chi connectivity index (χ0v) is 8.32. The minimum atomic E-state index is -0.872. The van der Waals surface area contributed by atoms with E-state index in [0.29, 0.717) is 25.9 Å². The van der Waals surface area contributed by atoms with Crippen LogP contribution in [0, 0.1) is 0 Å². The number of carboxylic acid groups (broad SMARTS) is 1. The van der Waals surface area contributed by atoms with Gasteiger partial charge in [0.25, 0.3) is 0 Å². The Morgan fingerprint density at radius 2 is 1.93 bits per heavy atom. The van der Waals surface area contributed by atoms with Gasteiger partial charge in [-0.2, -0.15) is 0 Å². The number of likely N-dealkylation sites (tertiary alicyclic amines) is 1. The number of hydrogen-bond donors (Lipinski definition) is 2. The lowest BCUT2D eigenvalue weighted by molar-refractivity contribution is -0.139. The summed E-state index contributed by atoms with van der Waals surface area (Å²) in [5, 5.41) is 8.65. The van der Waals surface area contributed by atoms with E-state index in [1.807, 2.05) is 0 Å². The van der Waals surface area contributed by atoms with Gasteiger partial charge in [0, 0.05) is 25.6 Å². The molecule has 0 atom stereocenters. The van der Waals surface area contributed by atoms with Crippen molar-refractivity contribution in [2.24, 2.45) is 5.73 Å². The van der Waals surface area contributed by atoms with E-state index in [0.717, 1.165) is 0 Å². The highest BCUT2D eigenvalue weighted by Gasteiger charge is 2.33. The Kier molecular flexibility index (Phi) is 3.10. The predicted octanol–water partition coefficient (Wildman–Crippen LogP) is -0.199. The van der Waals surface area contributed by atoms with Gasteiger partial charge in [-0.05, 0) is 12.8 Å². The maximum absolute atomic E-state index is 11.0. The molecular formula is C9H16N2O3. The zero-order chi connectivity index (χ0) is 10.8. The van der Waals surface area contributed by atoms with Crippen molar-refractivity contribution < 1.29 is 14.7 Å². The summed E-state index contributed by atoms with van der Waals surface area (Å²) < 4.78 is 0. The number of carbonyl (C=O) groups excluding carboxylic acids is 1. The Balaban J connectivity index is 2.48. The Bertz CT molecular complexity index is 244. The quantitative estimate of drug-likeness (QED) is 0.646. The zero-order valence-electron chi connectivity index (χ0n) is 8.32. The third-order valence-corrected chi connectivity index (χ3v) is 2.71. The summed E-state index contributed by atoms with van der Waals surface area (Å²) >= 11 is 0. The number of nitrogens with zero attached hydrogens (tertiary/aromatic N) is 1. The first-order valence-corrected chi connectivity index (χ1v) is 4.69. The number of hydrogen-bond acceptors (Lipinski definition) is 3. The highest BCUT2D eigenvalue weighted by atomic mass is 16.4. The molecule has 3 N–H and O–H groups in total. The molecule has 1 aliphatic rings. The average Bonchev–Trinajstić information content (AvgIpc) is 2.02. The van der Waals surface area contributed by atoms with Crippen molar-refractivity contribution in [2.45, 2.75) is 31.7 Å². The fraction of sp³-hybridized carbons (Fsp3) is 0.778. The second kappa shape index (κ2) is 3.96.